The smallest absolute Gasteiger partial charge is 0.308 e. The summed E-state index contributed by atoms with van der Waals surface area (Å²) in [5.41, 5.74) is 0.908. The molecule has 1 aromatic heterocycles. The maximum atomic E-state index is 11.8. The molecule has 0 aliphatic carbocycles. The van der Waals surface area contributed by atoms with Gasteiger partial charge in [0.2, 0.25) is 0 Å². The Labute approximate surface area is 130 Å². The van der Waals surface area contributed by atoms with Crippen molar-refractivity contribution >= 4 is 38.9 Å². The van der Waals surface area contributed by atoms with Crippen LogP contribution >= 0.6 is 15.9 Å². The van der Waals surface area contributed by atoms with Crippen LogP contribution in [0.15, 0.2) is 22.7 Å². The SMILES string of the molecule is CC(C)C(=O)OCCNc1nc2ccc(Br)cc2[n+]([O-])n1. The van der Waals surface area contributed by atoms with Gasteiger partial charge in [-0.1, -0.05) is 29.8 Å². The number of rotatable bonds is 5. The van der Waals surface area contributed by atoms with E-state index in [4.69, 9.17) is 4.74 Å². The summed E-state index contributed by atoms with van der Waals surface area (Å²) >= 11 is 3.29. The number of halogens is 1. The highest BCUT2D eigenvalue weighted by atomic mass is 79.9. The summed E-state index contributed by atoms with van der Waals surface area (Å²) in [5.74, 6) is -0.232. The van der Waals surface area contributed by atoms with Crippen molar-refractivity contribution in [3.05, 3.63) is 27.9 Å². The molecule has 2 rings (SSSR count). The fourth-order valence-electron chi connectivity index (χ4n) is 1.58. The van der Waals surface area contributed by atoms with Crippen molar-refractivity contribution in [1.82, 2.24) is 10.1 Å². The average Bonchev–Trinajstić information content (AvgIpc) is 2.44. The standard InChI is InChI=1S/C13H15BrN4O3/c1-8(2)12(19)21-6-5-15-13-16-10-4-3-9(14)7-11(10)18(20)17-13/h3-4,7-8H,5-6H2,1-2H3,(H,15,16,17). The van der Waals surface area contributed by atoms with Crippen molar-refractivity contribution in [2.45, 2.75) is 13.8 Å². The lowest BCUT2D eigenvalue weighted by atomic mass is 10.2. The number of fused-ring (bicyclic) bond motifs is 1. The van der Waals surface area contributed by atoms with Gasteiger partial charge in [0.25, 0.3) is 11.5 Å². The minimum absolute atomic E-state index is 0.163. The average molecular weight is 355 g/mol. The van der Waals surface area contributed by atoms with Gasteiger partial charge < -0.3 is 15.3 Å². The van der Waals surface area contributed by atoms with Gasteiger partial charge in [0.05, 0.1) is 17.6 Å². The van der Waals surface area contributed by atoms with Crippen LogP contribution in [0.1, 0.15) is 13.8 Å². The Hall–Kier alpha value is -1.96. The highest BCUT2D eigenvalue weighted by Crippen LogP contribution is 2.15. The van der Waals surface area contributed by atoms with Crippen LogP contribution in [0, 0.1) is 11.1 Å². The molecule has 0 fully saturated rings. The van der Waals surface area contributed by atoms with E-state index >= 15 is 0 Å². The summed E-state index contributed by atoms with van der Waals surface area (Å²) in [6.07, 6.45) is 0. The molecule has 1 heterocycles. The second-order valence-electron chi connectivity index (χ2n) is 4.69. The molecule has 0 aliphatic rings. The van der Waals surface area contributed by atoms with Gasteiger partial charge in [-0.05, 0) is 17.0 Å². The van der Waals surface area contributed by atoms with Crippen LogP contribution in [0.3, 0.4) is 0 Å². The topological polar surface area (TPSA) is 91.0 Å². The van der Waals surface area contributed by atoms with Crippen LogP contribution in [0.4, 0.5) is 5.95 Å². The fourth-order valence-corrected chi connectivity index (χ4v) is 1.93. The molecule has 2 aromatic rings. The van der Waals surface area contributed by atoms with E-state index in [2.05, 4.69) is 31.3 Å². The Balaban J connectivity index is 2.00. The number of hydrogen-bond donors (Lipinski definition) is 1. The van der Waals surface area contributed by atoms with E-state index in [9.17, 15) is 10.0 Å². The molecule has 0 unspecified atom stereocenters. The number of aromatic nitrogens is 3. The van der Waals surface area contributed by atoms with Crippen LogP contribution in [0.5, 0.6) is 0 Å². The van der Waals surface area contributed by atoms with Crippen LogP contribution in [0.25, 0.3) is 11.0 Å². The number of benzene rings is 1. The third kappa shape index (κ3) is 4.01. The van der Waals surface area contributed by atoms with Gasteiger partial charge in [0.1, 0.15) is 12.1 Å². The number of carbonyl (C=O) groups excluding carboxylic acids is 1. The molecular weight excluding hydrogens is 340 g/mol. The molecule has 0 radical (unpaired) electrons. The van der Waals surface area contributed by atoms with E-state index < -0.39 is 0 Å². The molecule has 0 bridgehead atoms. The highest BCUT2D eigenvalue weighted by molar-refractivity contribution is 9.10. The van der Waals surface area contributed by atoms with E-state index in [1.807, 2.05) is 0 Å². The molecule has 7 nitrogen and oxygen atoms in total. The first-order valence-electron chi connectivity index (χ1n) is 6.45. The second kappa shape index (κ2) is 6.66. The normalized spacial score (nSPS) is 10.9. The number of anilines is 1. The number of nitrogens with one attached hydrogen (secondary N) is 1. The molecule has 0 amide bonds. The van der Waals surface area contributed by atoms with Crippen LogP contribution in [-0.2, 0) is 9.53 Å². The first kappa shape index (κ1) is 15.4. The molecule has 112 valence electrons. The first-order valence-corrected chi connectivity index (χ1v) is 7.24. The number of ether oxygens (including phenoxy) is 1. The summed E-state index contributed by atoms with van der Waals surface area (Å²) in [4.78, 5) is 16.0. The highest BCUT2D eigenvalue weighted by Gasteiger charge is 2.11. The third-order valence-electron chi connectivity index (χ3n) is 2.66. The predicted molar refractivity (Wildman–Crippen MR) is 80.5 cm³/mol. The van der Waals surface area contributed by atoms with Crippen molar-refractivity contribution in [1.29, 1.82) is 0 Å². The van der Waals surface area contributed by atoms with Crippen molar-refractivity contribution in [2.75, 3.05) is 18.5 Å². The van der Waals surface area contributed by atoms with Crippen molar-refractivity contribution in [3.63, 3.8) is 0 Å². The van der Waals surface area contributed by atoms with Crippen molar-refractivity contribution < 1.29 is 14.4 Å². The lowest BCUT2D eigenvalue weighted by Crippen LogP contribution is -2.34. The predicted octanol–water partition coefficient (Wildman–Crippen LogP) is 1.64. The fraction of sp³-hybridized carbons (Fsp3) is 0.385. The Kier molecular flexibility index (Phi) is 4.89. The summed E-state index contributed by atoms with van der Waals surface area (Å²) in [7, 11) is 0. The molecule has 0 aliphatic heterocycles. The van der Waals surface area contributed by atoms with E-state index in [0.717, 1.165) is 4.47 Å². The Bertz CT molecular complexity index is 663. The van der Waals surface area contributed by atoms with Crippen molar-refractivity contribution in [2.24, 2.45) is 5.92 Å². The quantitative estimate of drug-likeness (QED) is 0.379. The molecule has 0 saturated carbocycles. The van der Waals surface area contributed by atoms with E-state index in [0.29, 0.717) is 22.4 Å². The molecule has 8 heteroatoms. The number of nitrogens with zero attached hydrogens (tertiary/aromatic N) is 3. The largest absolute Gasteiger partial charge is 0.594 e. The molecule has 0 atom stereocenters. The molecule has 1 aromatic carbocycles. The van der Waals surface area contributed by atoms with E-state index in [1.165, 1.54) is 0 Å². The lowest BCUT2D eigenvalue weighted by molar-refractivity contribution is -0.641. The summed E-state index contributed by atoms with van der Waals surface area (Å²) in [6.45, 7) is 4.06. The summed E-state index contributed by atoms with van der Waals surface area (Å²) in [6, 6.07) is 5.17. The second-order valence-corrected chi connectivity index (χ2v) is 5.61. The Morgan fingerprint density at radius 2 is 2.29 bits per heavy atom. The van der Waals surface area contributed by atoms with Gasteiger partial charge >= 0.3 is 5.97 Å². The van der Waals surface area contributed by atoms with E-state index in [-0.39, 0.29) is 24.4 Å². The van der Waals surface area contributed by atoms with Gasteiger partial charge in [-0.15, -0.1) is 0 Å². The Morgan fingerprint density at radius 1 is 1.52 bits per heavy atom. The monoisotopic (exact) mass is 354 g/mol. The maximum absolute atomic E-state index is 11.8. The number of esters is 1. The molecule has 0 spiro atoms. The molecule has 0 saturated heterocycles. The third-order valence-corrected chi connectivity index (χ3v) is 3.15. The summed E-state index contributed by atoms with van der Waals surface area (Å²) in [5, 5.41) is 18.4. The van der Waals surface area contributed by atoms with Crippen molar-refractivity contribution in [3.8, 4) is 0 Å². The van der Waals surface area contributed by atoms with Gasteiger partial charge in [0, 0.05) is 10.5 Å². The van der Waals surface area contributed by atoms with Gasteiger partial charge in [-0.3, -0.25) is 4.79 Å². The van der Waals surface area contributed by atoms with Crippen LogP contribution < -0.4 is 10.2 Å². The number of hydrogen-bond acceptors (Lipinski definition) is 6. The summed E-state index contributed by atoms with van der Waals surface area (Å²) < 4.78 is 5.79. The molecule has 21 heavy (non-hydrogen) atoms. The zero-order valence-electron chi connectivity index (χ0n) is 11.7. The zero-order valence-corrected chi connectivity index (χ0v) is 13.3. The van der Waals surface area contributed by atoms with Crippen LogP contribution in [0.2, 0.25) is 0 Å². The first-order chi connectivity index (χ1) is 9.97. The lowest BCUT2D eigenvalue weighted by Gasteiger charge is -2.08. The maximum Gasteiger partial charge on any atom is 0.308 e. The minimum Gasteiger partial charge on any atom is -0.594 e. The van der Waals surface area contributed by atoms with Gasteiger partial charge in [-0.25, -0.2) is 4.98 Å². The van der Waals surface area contributed by atoms with Gasteiger partial charge in [-0.2, -0.15) is 0 Å². The van der Waals surface area contributed by atoms with E-state index in [1.54, 1.807) is 32.0 Å². The molecular formula is C13H15BrN4O3. The van der Waals surface area contributed by atoms with Gasteiger partial charge in [0.15, 0.2) is 0 Å². The molecule has 1 N–H and O–H groups in total. The number of carbonyl (C=O) groups is 1. The zero-order chi connectivity index (χ0) is 15.4. The minimum atomic E-state index is -0.264. The van der Waals surface area contributed by atoms with Crippen LogP contribution in [-0.4, -0.2) is 29.2 Å². The Morgan fingerprint density at radius 3 is 3.00 bits per heavy atom.